The van der Waals surface area contributed by atoms with Crippen molar-refractivity contribution in [2.45, 2.75) is 101 Å². The van der Waals surface area contributed by atoms with Crippen LogP contribution in [0.15, 0.2) is 182 Å². The largest absolute Gasteiger partial charge is 0.385 e. The molecule has 0 bridgehead atoms. The lowest BCUT2D eigenvalue weighted by atomic mass is 9.97. The van der Waals surface area contributed by atoms with Crippen LogP contribution in [0.1, 0.15) is 33.4 Å². The number of ether oxygens (including phenoxy) is 9. The maximum Gasteiger partial charge on any atom is 0.186 e. The molecule has 8 rings (SSSR count). The Balaban J connectivity index is 1.05. The molecule has 65 heavy (non-hydrogen) atoms. The third-order valence-electron chi connectivity index (χ3n) is 11.5. The molecule has 2 N–H and O–H groups in total. The number of rotatable bonds is 22. The molecule has 2 aliphatic rings. The normalized spacial score (nSPS) is 25.6. The summed E-state index contributed by atoms with van der Waals surface area (Å²) in [6.07, 6.45) is -9.77. The number of aliphatic hydroxyl groups is 2. The van der Waals surface area contributed by atoms with E-state index < -0.39 is 61.4 Å². The van der Waals surface area contributed by atoms with E-state index in [4.69, 9.17) is 42.6 Å². The van der Waals surface area contributed by atoms with Crippen LogP contribution < -0.4 is 0 Å². The molecular weight excluding hydrogens is 825 g/mol. The van der Waals surface area contributed by atoms with Crippen LogP contribution in [0.5, 0.6) is 0 Å². The smallest absolute Gasteiger partial charge is 0.186 e. The van der Waals surface area contributed by atoms with Crippen LogP contribution in [0, 0.1) is 0 Å². The molecule has 0 radical (unpaired) electrons. The topological polar surface area (TPSA) is 124 Å². The molecule has 2 heterocycles. The fourth-order valence-corrected chi connectivity index (χ4v) is 8.05. The van der Waals surface area contributed by atoms with Gasteiger partial charge in [-0.2, -0.15) is 0 Å². The minimum Gasteiger partial charge on any atom is -0.385 e. The first-order valence-electron chi connectivity index (χ1n) is 22.3. The van der Waals surface area contributed by atoms with Crippen LogP contribution in [0.2, 0.25) is 0 Å². The van der Waals surface area contributed by atoms with E-state index in [1.165, 1.54) is 0 Å². The van der Waals surface area contributed by atoms with Crippen LogP contribution in [0.25, 0.3) is 0 Å². The van der Waals surface area contributed by atoms with Gasteiger partial charge in [-0.15, -0.1) is 0 Å². The fourth-order valence-electron chi connectivity index (χ4n) is 8.05. The predicted molar refractivity (Wildman–Crippen MR) is 243 cm³/mol. The monoisotopic (exact) mass is 882 g/mol. The maximum atomic E-state index is 12.2. The van der Waals surface area contributed by atoms with E-state index in [0.29, 0.717) is 6.61 Å². The van der Waals surface area contributed by atoms with E-state index in [-0.39, 0.29) is 46.2 Å². The number of hydrogen-bond acceptors (Lipinski definition) is 11. The van der Waals surface area contributed by atoms with Gasteiger partial charge < -0.3 is 52.8 Å². The minimum absolute atomic E-state index is 0.114. The zero-order valence-electron chi connectivity index (χ0n) is 36.3. The molecule has 0 aliphatic carbocycles. The van der Waals surface area contributed by atoms with Crippen LogP contribution in [0.3, 0.4) is 0 Å². The highest BCUT2D eigenvalue weighted by Gasteiger charge is 2.51. The van der Waals surface area contributed by atoms with Gasteiger partial charge in [-0.05, 0) is 33.4 Å². The Kier molecular flexibility index (Phi) is 17.4. The second kappa shape index (κ2) is 24.4. The molecule has 340 valence electrons. The first-order valence-corrected chi connectivity index (χ1v) is 22.3. The third kappa shape index (κ3) is 13.5. The molecule has 2 fully saturated rings. The summed E-state index contributed by atoms with van der Waals surface area (Å²) < 4.78 is 58.8. The molecule has 0 spiro atoms. The molecule has 11 heteroatoms. The lowest BCUT2D eigenvalue weighted by molar-refractivity contribution is -0.344. The highest BCUT2D eigenvalue weighted by molar-refractivity contribution is 5.18. The molecule has 0 amide bonds. The van der Waals surface area contributed by atoms with Crippen LogP contribution in [-0.2, 0) is 82.3 Å². The SMILES string of the molecule is O[C@@H]1C(OC[C@H]2O[C@H](O)[C@H](OCc3ccccc3)[C@@H](OCc3ccccc3)[C@@H]2OCc2ccccc2)O[C@H](COCc2ccccc2)[C@@H](OCc2ccccc2)[C@@H]1OCc1ccccc1. The quantitative estimate of drug-likeness (QED) is 0.0691. The van der Waals surface area contributed by atoms with Gasteiger partial charge in [-0.1, -0.05) is 182 Å². The van der Waals surface area contributed by atoms with Crippen molar-refractivity contribution in [3.63, 3.8) is 0 Å². The van der Waals surface area contributed by atoms with Gasteiger partial charge >= 0.3 is 0 Å². The molecule has 11 nitrogen and oxygen atoms in total. The third-order valence-corrected chi connectivity index (χ3v) is 11.5. The van der Waals surface area contributed by atoms with Crippen LogP contribution in [-0.4, -0.2) is 84.8 Å². The second-order valence-electron chi connectivity index (χ2n) is 16.2. The molecular formula is C54H58O11. The van der Waals surface area contributed by atoms with Gasteiger partial charge in [0.1, 0.15) is 48.8 Å². The standard InChI is InChI=1S/C54H58O11/c55-47-50(60-34-42-25-13-4-14-26-42)48(58-32-40-21-9-2-10-22-40)45(37-57-31-39-19-7-1-8-20-39)65-54(47)63-38-46-49(59-33-41-23-11-3-12-24-41)51(61-35-43-27-15-5-16-28-43)52(53(56)64-46)62-36-44-29-17-6-18-30-44/h1-30,45-56H,31-38H2/t45-,46-,47+,48-,49-,50-,51+,52-,53+,54?/m1/s1. The van der Waals surface area contributed by atoms with Crippen molar-refractivity contribution in [2.24, 2.45) is 0 Å². The van der Waals surface area contributed by atoms with E-state index in [2.05, 4.69) is 0 Å². The second-order valence-corrected chi connectivity index (χ2v) is 16.2. The summed E-state index contributed by atoms with van der Waals surface area (Å²) in [4.78, 5) is 0. The number of aliphatic hydroxyl groups excluding tert-OH is 2. The van der Waals surface area contributed by atoms with Gasteiger partial charge in [0.15, 0.2) is 12.6 Å². The van der Waals surface area contributed by atoms with Crippen LogP contribution >= 0.6 is 0 Å². The average molecular weight is 883 g/mol. The molecule has 2 aliphatic heterocycles. The van der Waals surface area contributed by atoms with Gasteiger partial charge in [0.2, 0.25) is 0 Å². The molecule has 0 aromatic heterocycles. The van der Waals surface area contributed by atoms with Crippen molar-refractivity contribution in [1.29, 1.82) is 0 Å². The van der Waals surface area contributed by atoms with E-state index >= 15 is 0 Å². The average Bonchev–Trinajstić information content (AvgIpc) is 3.36. The van der Waals surface area contributed by atoms with Gasteiger partial charge in [0.25, 0.3) is 0 Å². The molecule has 6 aromatic carbocycles. The zero-order valence-corrected chi connectivity index (χ0v) is 36.3. The van der Waals surface area contributed by atoms with Crippen molar-refractivity contribution in [2.75, 3.05) is 13.2 Å². The summed E-state index contributed by atoms with van der Waals surface area (Å²) in [6.45, 7) is 1.39. The Morgan fingerprint density at radius 1 is 0.323 bits per heavy atom. The Labute approximate surface area is 381 Å². The summed E-state index contributed by atoms with van der Waals surface area (Å²) in [6, 6.07) is 58.8. The Morgan fingerprint density at radius 2 is 0.646 bits per heavy atom. The zero-order chi connectivity index (χ0) is 44.5. The number of hydrogen-bond donors (Lipinski definition) is 2. The van der Waals surface area contributed by atoms with E-state index in [1.807, 2.05) is 182 Å². The molecule has 0 saturated carbocycles. The molecule has 2 saturated heterocycles. The van der Waals surface area contributed by atoms with Crippen molar-refractivity contribution in [3.8, 4) is 0 Å². The number of benzene rings is 6. The first-order chi connectivity index (χ1) is 32.1. The van der Waals surface area contributed by atoms with Crippen molar-refractivity contribution in [1.82, 2.24) is 0 Å². The highest BCUT2D eigenvalue weighted by Crippen LogP contribution is 2.33. The lowest BCUT2D eigenvalue weighted by Gasteiger charge is -2.46. The molecule has 6 aromatic rings. The minimum atomic E-state index is -1.42. The van der Waals surface area contributed by atoms with E-state index in [1.54, 1.807) is 0 Å². The summed E-state index contributed by atoms with van der Waals surface area (Å²) in [5.41, 5.74) is 5.68. The van der Waals surface area contributed by atoms with Crippen molar-refractivity contribution in [3.05, 3.63) is 215 Å². The van der Waals surface area contributed by atoms with Gasteiger partial charge in [-0.3, -0.25) is 0 Å². The molecule has 10 atom stereocenters. The maximum absolute atomic E-state index is 12.2. The Bertz CT molecular complexity index is 2210. The Hall–Kier alpha value is -5.12. The van der Waals surface area contributed by atoms with Crippen molar-refractivity contribution < 1.29 is 52.8 Å². The summed E-state index contributed by atoms with van der Waals surface area (Å²) in [5.74, 6) is 0. The van der Waals surface area contributed by atoms with E-state index in [0.717, 1.165) is 33.4 Å². The van der Waals surface area contributed by atoms with Gasteiger partial charge in [0.05, 0.1) is 52.9 Å². The van der Waals surface area contributed by atoms with Gasteiger partial charge in [-0.25, -0.2) is 0 Å². The fraction of sp³-hybridized carbons (Fsp3) is 0.333. The highest BCUT2D eigenvalue weighted by atomic mass is 16.7. The summed E-state index contributed by atoms with van der Waals surface area (Å²) in [5, 5.41) is 24.0. The van der Waals surface area contributed by atoms with Gasteiger partial charge in [0, 0.05) is 0 Å². The van der Waals surface area contributed by atoms with Crippen molar-refractivity contribution >= 4 is 0 Å². The summed E-state index contributed by atoms with van der Waals surface area (Å²) in [7, 11) is 0. The van der Waals surface area contributed by atoms with Crippen LogP contribution in [0.4, 0.5) is 0 Å². The lowest BCUT2D eigenvalue weighted by Crippen LogP contribution is -2.63. The predicted octanol–water partition coefficient (Wildman–Crippen LogP) is 7.95. The first kappa shape index (κ1) is 46.4. The summed E-state index contributed by atoms with van der Waals surface area (Å²) >= 11 is 0. The van der Waals surface area contributed by atoms with E-state index in [9.17, 15) is 10.2 Å². The molecule has 1 unspecified atom stereocenters. The Morgan fingerprint density at radius 3 is 1.06 bits per heavy atom.